The van der Waals surface area contributed by atoms with E-state index in [1.807, 2.05) is 6.92 Å². The van der Waals surface area contributed by atoms with Crippen LogP contribution < -0.4 is 19.1 Å². The first-order valence-electron chi connectivity index (χ1n) is 10.2. The highest BCUT2D eigenvalue weighted by atomic mass is 35.5. The third kappa shape index (κ3) is 6.63. The van der Waals surface area contributed by atoms with Crippen LogP contribution in [0.1, 0.15) is 5.56 Å². The van der Waals surface area contributed by atoms with E-state index >= 15 is 0 Å². The van der Waals surface area contributed by atoms with E-state index in [1.165, 1.54) is 12.1 Å². The van der Waals surface area contributed by atoms with Gasteiger partial charge in [0, 0.05) is 11.1 Å². The van der Waals surface area contributed by atoms with Crippen molar-refractivity contribution in [2.24, 2.45) is 0 Å². The Morgan fingerprint density at radius 2 is 1.67 bits per heavy atom. The lowest BCUT2D eigenvalue weighted by atomic mass is 10.2. The maximum Gasteiger partial charge on any atom is 0.264 e. The normalized spacial score (nSPS) is 11.0. The number of carbonyl (C=O) groups excluding carboxylic acids is 1. The van der Waals surface area contributed by atoms with E-state index in [0.717, 1.165) is 9.87 Å². The van der Waals surface area contributed by atoms with Crippen LogP contribution in [0.3, 0.4) is 0 Å². The molecule has 3 aromatic carbocycles. The van der Waals surface area contributed by atoms with Gasteiger partial charge in [0.15, 0.2) is 0 Å². The second-order valence-electron chi connectivity index (χ2n) is 7.18. The van der Waals surface area contributed by atoms with E-state index in [4.69, 9.17) is 21.1 Å². The minimum absolute atomic E-state index is 0.0946. The van der Waals surface area contributed by atoms with E-state index in [0.29, 0.717) is 22.2 Å². The zero-order chi connectivity index (χ0) is 23.8. The molecule has 1 amide bonds. The predicted octanol–water partition coefficient (Wildman–Crippen LogP) is 4.05. The number of nitrogens with one attached hydrogen (secondary N) is 1. The summed E-state index contributed by atoms with van der Waals surface area (Å²) < 4.78 is 38.4. The van der Waals surface area contributed by atoms with Gasteiger partial charge >= 0.3 is 0 Å². The van der Waals surface area contributed by atoms with Gasteiger partial charge in [-0.15, -0.1) is 0 Å². The number of ether oxygens (including phenoxy) is 2. The minimum atomic E-state index is -3.98. The predicted molar refractivity (Wildman–Crippen MR) is 129 cm³/mol. The molecule has 0 atom stereocenters. The van der Waals surface area contributed by atoms with Gasteiger partial charge in [-0.2, -0.15) is 0 Å². The lowest BCUT2D eigenvalue weighted by Crippen LogP contribution is -2.41. The van der Waals surface area contributed by atoms with Crippen LogP contribution in [0.2, 0.25) is 5.02 Å². The van der Waals surface area contributed by atoms with Gasteiger partial charge in [-0.3, -0.25) is 9.10 Å². The Labute approximate surface area is 198 Å². The van der Waals surface area contributed by atoms with E-state index < -0.39 is 22.5 Å². The Morgan fingerprint density at radius 3 is 2.33 bits per heavy atom. The summed E-state index contributed by atoms with van der Waals surface area (Å²) in [6.45, 7) is 1.89. The van der Waals surface area contributed by atoms with Gasteiger partial charge in [-0.25, -0.2) is 8.42 Å². The minimum Gasteiger partial charge on any atom is -0.497 e. The zero-order valence-corrected chi connectivity index (χ0v) is 19.9. The number of carbonyl (C=O) groups is 1. The summed E-state index contributed by atoms with van der Waals surface area (Å²) in [6, 6.07) is 19.9. The summed E-state index contributed by atoms with van der Waals surface area (Å²) in [5, 5.41) is 3.16. The summed E-state index contributed by atoms with van der Waals surface area (Å²) in [4.78, 5) is 12.7. The first-order chi connectivity index (χ1) is 15.8. The molecule has 0 saturated heterocycles. The summed E-state index contributed by atoms with van der Waals surface area (Å²) >= 11 is 5.96. The van der Waals surface area contributed by atoms with Gasteiger partial charge < -0.3 is 14.8 Å². The molecule has 33 heavy (non-hydrogen) atoms. The van der Waals surface area contributed by atoms with Crippen LogP contribution in [0.15, 0.2) is 77.7 Å². The molecular weight excluding hydrogens is 464 g/mol. The van der Waals surface area contributed by atoms with Crippen LogP contribution in [0.5, 0.6) is 11.5 Å². The average molecular weight is 489 g/mol. The molecule has 0 radical (unpaired) electrons. The summed E-state index contributed by atoms with van der Waals surface area (Å²) in [7, 11) is -2.41. The molecule has 0 aliphatic rings. The zero-order valence-electron chi connectivity index (χ0n) is 18.3. The van der Waals surface area contributed by atoms with Crippen LogP contribution in [0.25, 0.3) is 0 Å². The van der Waals surface area contributed by atoms with Gasteiger partial charge in [-0.05, 0) is 55.5 Å². The van der Waals surface area contributed by atoms with Crippen molar-refractivity contribution in [1.82, 2.24) is 5.32 Å². The molecule has 0 aromatic heterocycles. The van der Waals surface area contributed by atoms with Crippen LogP contribution in [-0.4, -0.2) is 41.1 Å². The Hall–Kier alpha value is -3.23. The Bertz CT molecular complexity index is 1180. The highest BCUT2D eigenvalue weighted by Crippen LogP contribution is 2.25. The van der Waals surface area contributed by atoms with Gasteiger partial charge in [0.05, 0.1) is 24.2 Å². The number of anilines is 1. The molecule has 7 nitrogen and oxygen atoms in total. The molecular formula is C24H25ClN2O5S. The molecule has 0 bridgehead atoms. The highest BCUT2D eigenvalue weighted by molar-refractivity contribution is 7.92. The van der Waals surface area contributed by atoms with E-state index in [9.17, 15) is 13.2 Å². The number of methoxy groups -OCH3 is 1. The van der Waals surface area contributed by atoms with E-state index in [1.54, 1.807) is 67.8 Å². The lowest BCUT2D eigenvalue weighted by molar-refractivity contribution is -0.119. The fraction of sp³-hybridized carbons (Fsp3) is 0.208. The third-order valence-electron chi connectivity index (χ3n) is 4.74. The van der Waals surface area contributed by atoms with E-state index in [2.05, 4.69) is 5.32 Å². The second-order valence-corrected chi connectivity index (χ2v) is 9.48. The number of hydrogen-bond donors (Lipinski definition) is 1. The first kappa shape index (κ1) is 24.4. The van der Waals surface area contributed by atoms with Crippen LogP contribution in [0, 0.1) is 6.92 Å². The van der Waals surface area contributed by atoms with Crippen molar-refractivity contribution < 1.29 is 22.7 Å². The van der Waals surface area contributed by atoms with Crippen molar-refractivity contribution >= 4 is 33.2 Å². The molecule has 0 spiro atoms. The van der Waals surface area contributed by atoms with Crippen molar-refractivity contribution in [1.29, 1.82) is 0 Å². The maximum atomic E-state index is 13.3. The average Bonchev–Trinajstić information content (AvgIpc) is 2.81. The fourth-order valence-electron chi connectivity index (χ4n) is 3.00. The van der Waals surface area contributed by atoms with Crippen molar-refractivity contribution in [3.8, 4) is 11.5 Å². The molecule has 174 valence electrons. The molecule has 1 N–H and O–H groups in total. The summed E-state index contributed by atoms with van der Waals surface area (Å²) in [5.74, 6) is 0.805. The lowest BCUT2D eigenvalue weighted by Gasteiger charge is -2.24. The summed E-state index contributed by atoms with van der Waals surface area (Å²) in [5.41, 5.74) is 1.27. The maximum absolute atomic E-state index is 13.3. The van der Waals surface area contributed by atoms with Crippen LogP contribution in [0.4, 0.5) is 5.69 Å². The van der Waals surface area contributed by atoms with Crippen molar-refractivity contribution in [3.63, 3.8) is 0 Å². The molecule has 3 aromatic rings. The SMILES string of the molecule is COc1cccc(OCCNC(=O)CN(c2ccc(Cl)cc2)S(=O)(=O)c2ccc(C)cc2)c1. The Morgan fingerprint density at radius 1 is 1.00 bits per heavy atom. The van der Waals surface area contributed by atoms with Crippen molar-refractivity contribution in [2.45, 2.75) is 11.8 Å². The smallest absolute Gasteiger partial charge is 0.264 e. The molecule has 3 rings (SSSR count). The number of sulfonamides is 1. The number of hydrogen-bond acceptors (Lipinski definition) is 5. The number of halogens is 1. The van der Waals surface area contributed by atoms with Gasteiger partial charge in [0.2, 0.25) is 5.91 Å². The van der Waals surface area contributed by atoms with Crippen LogP contribution >= 0.6 is 11.6 Å². The van der Waals surface area contributed by atoms with Crippen molar-refractivity contribution in [3.05, 3.63) is 83.4 Å². The van der Waals surface area contributed by atoms with Crippen molar-refractivity contribution in [2.75, 3.05) is 31.1 Å². The monoisotopic (exact) mass is 488 g/mol. The van der Waals surface area contributed by atoms with Gasteiger partial charge in [-0.1, -0.05) is 35.4 Å². The highest BCUT2D eigenvalue weighted by Gasteiger charge is 2.27. The molecule has 9 heteroatoms. The second kappa shape index (κ2) is 11.1. The molecule has 0 aliphatic carbocycles. The van der Waals surface area contributed by atoms with Gasteiger partial charge in [0.1, 0.15) is 24.7 Å². The molecule has 0 heterocycles. The molecule has 0 saturated carbocycles. The third-order valence-corrected chi connectivity index (χ3v) is 6.79. The number of rotatable bonds is 10. The fourth-order valence-corrected chi connectivity index (χ4v) is 4.54. The Balaban J connectivity index is 1.68. The standard InChI is InChI=1S/C24H25ClN2O5S/c1-18-6-12-23(13-7-18)33(29,30)27(20-10-8-19(25)9-11-20)17-24(28)26-14-15-32-22-5-3-4-21(16-22)31-2/h3-13,16H,14-15,17H2,1-2H3,(H,26,28). The first-order valence-corrected chi connectivity index (χ1v) is 12.0. The molecule has 0 aliphatic heterocycles. The number of nitrogens with zero attached hydrogens (tertiary/aromatic N) is 1. The van der Waals surface area contributed by atoms with E-state index in [-0.39, 0.29) is 18.0 Å². The topological polar surface area (TPSA) is 84.9 Å². The number of benzene rings is 3. The van der Waals surface area contributed by atoms with Crippen LogP contribution in [-0.2, 0) is 14.8 Å². The largest absolute Gasteiger partial charge is 0.497 e. The quantitative estimate of drug-likeness (QED) is 0.435. The van der Waals surface area contributed by atoms with Gasteiger partial charge in [0.25, 0.3) is 10.0 Å². The number of aryl methyl sites for hydroxylation is 1. The molecule has 0 unspecified atom stereocenters. The Kier molecular flexibility index (Phi) is 8.19. The summed E-state index contributed by atoms with van der Waals surface area (Å²) in [6.07, 6.45) is 0. The molecule has 0 fully saturated rings. The number of amides is 1.